The van der Waals surface area contributed by atoms with Crippen LogP contribution in [0.1, 0.15) is 28.2 Å². The SMILES string of the molecule is Cc1ncsc1C(=O)N(C)CC1CC(Cl)C1. The molecule has 0 aromatic carbocycles. The summed E-state index contributed by atoms with van der Waals surface area (Å²) in [5, 5.41) is 0.318. The van der Waals surface area contributed by atoms with Gasteiger partial charge in [0.25, 0.3) is 5.91 Å². The van der Waals surface area contributed by atoms with E-state index in [2.05, 4.69) is 4.98 Å². The van der Waals surface area contributed by atoms with Gasteiger partial charge in [0.05, 0.1) is 11.2 Å². The summed E-state index contributed by atoms with van der Waals surface area (Å²) in [7, 11) is 1.85. The molecule has 2 rings (SSSR count). The van der Waals surface area contributed by atoms with Gasteiger partial charge in [0, 0.05) is 19.0 Å². The van der Waals surface area contributed by atoms with E-state index in [4.69, 9.17) is 11.6 Å². The van der Waals surface area contributed by atoms with Crippen molar-refractivity contribution in [3.63, 3.8) is 0 Å². The van der Waals surface area contributed by atoms with E-state index < -0.39 is 0 Å². The van der Waals surface area contributed by atoms with Gasteiger partial charge in [0.2, 0.25) is 0 Å². The normalized spacial score (nSPS) is 23.9. The first-order chi connectivity index (χ1) is 7.58. The highest BCUT2D eigenvalue weighted by Crippen LogP contribution is 2.32. The zero-order valence-electron chi connectivity index (χ0n) is 9.44. The number of amides is 1. The molecule has 16 heavy (non-hydrogen) atoms. The molecule has 0 N–H and O–H groups in total. The summed E-state index contributed by atoms with van der Waals surface area (Å²) in [5.41, 5.74) is 2.54. The van der Waals surface area contributed by atoms with Crippen LogP contribution in [0.2, 0.25) is 0 Å². The third-order valence-electron chi connectivity index (χ3n) is 3.00. The van der Waals surface area contributed by atoms with Crippen molar-refractivity contribution in [1.82, 2.24) is 9.88 Å². The number of aryl methyl sites for hydroxylation is 1. The molecule has 1 saturated carbocycles. The topological polar surface area (TPSA) is 33.2 Å². The number of carbonyl (C=O) groups excluding carboxylic acids is 1. The molecule has 88 valence electrons. The second-order valence-corrected chi connectivity index (χ2v) is 5.86. The fourth-order valence-corrected chi connectivity index (χ4v) is 3.25. The van der Waals surface area contributed by atoms with Crippen molar-refractivity contribution in [3.05, 3.63) is 16.1 Å². The number of hydrogen-bond acceptors (Lipinski definition) is 3. The van der Waals surface area contributed by atoms with Gasteiger partial charge in [0.15, 0.2) is 0 Å². The molecule has 1 aliphatic carbocycles. The molecule has 1 heterocycles. The third-order valence-corrected chi connectivity index (χ3v) is 4.27. The monoisotopic (exact) mass is 258 g/mol. The Morgan fingerprint density at radius 1 is 1.69 bits per heavy atom. The zero-order chi connectivity index (χ0) is 11.7. The molecule has 1 fully saturated rings. The molecule has 0 aliphatic heterocycles. The Morgan fingerprint density at radius 2 is 2.38 bits per heavy atom. The van der Waals surface area contributed by atoms with Gasteiger partial charge in [-0.05, 0) is 25.7 Å². The molecule has 1 aromatic heterocycles. The van der Waals surface area contributed by atoms with Gasteiger partial charge in [0.1, 0.15) is 4.88 Å². The Hall–Kier alpha value is -0.610. The summed E-state index contributed by atoms with van der Waals surface area (Å²) in [6, 6.07) is 0. The van der Waals surface area contributed by atoms with Crippen LogP contribution >= 0.6 is 22.9 Å². The van der Waals surface area contributed by atoms with E-state index in [0.717, 1.165) is 30.0 Å². The second-order valence-electron chi connectivity index (χ2n) is 4.39. The zero-order valence-corrected chi connectivity index (χ0v) is 11.0. The minimum absolute atomic E-state index is 0.0815. The van der Waals surface area contributed by atoms with Gasteiger partial charge >= 0.3 is 0 Å². The summed E-state index contributed by atoms with van der Waals surface area (Å²) < 4.78 is 0. The summed E-state index contributed by atoms with van der Waals surface area (Å²) in [5.74, 6) is 0.655. The Kier molecular flexibility index (Phi) is 3.50. The molecule has 0 bridgehead atoms. The fraction of sp³-hybridized carbons (Fsp3) is 0.636. The standard InChI is InChI=1S/C11H15ClN2OS/c1-7-10(16-6-13-7)11(15)14(2)5-8-3-9(12)4-8/h6,8-9H,3-5H2,1-2H3. The molecule has 0 unspecified atom stereocenters. The second kappa shape index (κ2) is 4.72. The maximum atomic E-state index is 12.0. The first-order valence-corrected chi connectivity index (χ1v) is 6.69. The van der Waals surface area contributed by atoms with Crippen LogP contribution in [0.25, 0.3) is 0 Å². The molecule has 0 spiro atoms. The highest BCUT2D eigenvalue weighted by molar-refractivity contribution is 7.11. The number of carbonyl (C=O) groups is 1. The van der Waals surface area contributed by atoms with E-state index in [9.17, 15) is 4.79 Å². The molecule has 0 saturated heterocycles. The molecular weight excluding hydrogens is 244 g/mol. The molecule has 0 radical (unpaired) electrons. The van der Waals surface area contributed by atoms with Crippen LogP contribution in [0.15, 0.2) is 5.51 Å². The van der Waals surface area contributed by atoms with Crippen molar-refractivity contribution in [3.8, 4) is 0 Å². The molecule has 1 aliphatic rings. The summed E-state index contributed by atoms with van der Waals surface area (Å²) in [6.45, 7) is 2.68. The van der Waals surface area contributed by atoms with E-state index in [0.29, 0.717) is 11.3 Å². The van der Waals surface area contributed by atoms with Crippen molar-refractivity contribution in [2.45, 2.75) is 25.1 Å². The van der Waals surface area contributed by atoms with Crippen molar-refractivity contribution >= 4 is 28.8 Å². The van der Waals surface area contributed by atoms with Gasteiger partial charge in [-0.15, -0.1) is 22.9 Å². The van der Waals surface area contributed by atoms with Crippen molar-refractivity contribution in [1.29, 1.82) is 0 Å². The number of nitrogens with zero attached hydrogens (tertiary/aromatic N) is 2. The molecule has 1 aromatic rings. The first-order valence-electron chi connectivity index (χ1n) is 5.37. The van der Waals surface area contributed by atoms with Crippen molar-refractivity contribution in [2.24, 2.45) is 5.92 Å². The van der Waals surface area contributed by atoms with Gasteiger partial charge < -0.3 is 4.90 Å². The average Bonchev–Trinajstić information content (AvgIpc) is 2.61. The number of aromatic nitrogens is 1. The molecule has 5 heteroatoms. The maximum Gasteiger partial charge on any atom is 0.265 e. The van der Waals surface area contributed by atoms with Crippen LogP contribution in [-0.4, -0.2) is 34.8 Å². The maximum absolute atomic E-state index is 12.0. The quantitative estimate of drug-likeness (QED) is 0.781. The number of hydrogen-bond donors (Lipinski definition) is 0. The molecular formula is C11H15ClN2OS. The lowest BCUT2D eigenvalue weighted by molar-refractivity contribution is 0.0751. The minimum atomic E-state index is 0.0815. The van der Waals surface area contributed by atoms with Gasteiger partial charge in [-0.1, -0.05) is 0 Å². The van der Waals surface area contributed by atoms with E-state index in [1.54, 1.807) is 10.4 Å². The number of thiazole rings is 1. The number of alkyl halides is 1. The van der Waals surface area contributed by atoms with Gasteiger partial charge in [-0.2, -0.15) is 0 Å². The Morgan fingerprint density at radius 3 is 2.88 bits per heavy atom. The van der Waals surface area contributed by atoms with E-state index in [1.165, 1.54) is 11.3 Å². The Balaban J connectivity index is 1.92. The lowest BCUT2D eigenvalue weighted by atomic mass is 9.84. The predicted molar refractivity (Wildman–Crippen MR) is 66.2 cm³/mol. The van der Waals surface area contributed by atoms with Crippen molar-refractivity contribution in [2.75, 3.05) is 13.6 Å². The third kappa shape index (κ3) is 2.38. The van der Waals surface area contributed by atoms with Crippen LogP contribution in [0, 0.1) is 12.8 Å². The molecule has 0 atom stereocenters. The highest BCUT2D eigenvalue weighted by atomic mass is 35.5. The lowest BCUT2D eigenvalue weighted by Gasteiger charge is -2.34. The average molecular weight is 259 g/mol. The first kappa shape index (κ1) is 11.9. The number of halogens is 1. The van der Waals surface area contributed by atoms with Gasteiger partial charge in [-0.25, -0.2) is 4.98 Å². The van der Waals surface area contributed by atoms with Crippen LogP contribution in [0.4, 0.5) is 0 Å². The van der Waals surface area contributed by atoms with E-state index >= 15 is 0 Å². The fourth-order valence-electron chi connectivity index (χ4n) is 1.95. The predicted octanol–water partition coefficient (Wildman–Crippen LogP) is 2.54. The van der Waals surface area contributed by atoms with Gasteiger partial charge in [-0.3, -0.25) is 4.79 Å². The summed E-state index contributed by atoms with van der Waals surface area (Å²) >= 11 is 7.33. The van der Waals surface area contributed by atoms with Crippen LogP contribution in [-0.2, 0) is 0 Å². The van der Waals surface area contributed by atoms with E-state index in [-0.39, 0.29) is 5.91 Å². The van der Waals surface area contributed by atoms with Crippen LogP contribution in [0.3, 0.4) is 0 Å². The smallest absolute Gasteiger partial charge is 0.265 e. The molecule has 3 nitrogen and oxygen atoms in total. The Labute approximate surface area is 104 Å². The summed E-state index contributed by atoms with van der Waals surface area (Å²) in [4.78, 5) is 18.7. The lowest BCUT2D eigenvalue weighted by Crippen LogP contribution is -2.37. The number of rotatable bonds is 3. The highest BCUT2D eigenvalue weighted by Gasteiger charge is 2.29. The van der Waals surface area contributed by atoms with Crippen LogP contribution in [0.5, 0.6) is 0 Å². The minimum Gasteiger partial charge on any atom is -0.341 e. The summed E-state index contributed by atoms with van der Waals surface area (Å²) in [6.07, 6.45) is 2.06. The van der Waals surface area contributed by atoms with Crippen LogP contribution < -0.4 is 0 Å². The largest absolute Gasteiger partial charge is 0.341 e. The Bertz CT molecular complexity index is 387. The van der Waals surface area contributed by atoms with E-state index in [1.807, 2.05) is 14.0 Å². The molecule has 1 amide bonds. The van der Waals surface area contributed by atoms with Crippen molar-refractivity contribution < 1.29 is 4.79 Å².